The monoisotopic (exact) mass is 221 g/mol. The highest BCUT2D eigenvalue weighted by atomic mass is 14.2. The minimum atomic E-state index is 0.483. The van der Waals surface area contributed by atoms with Crippen LogP contribution in [0.25, 0.3) is 0 Å². The Kier molecular flexibility index (Phi) is 9.49. The van der Waals surface area contributed by atoms with Crippen molar-refractivity contribution in [2.24, 2.45) is 5.41 Å². The molecule has 0 heterocycles. The van der Waals surface area contributed by atoms with Gasteiger partial charge < -0.3 is 0 Å². The van der Waals surface area contributed by atoms with E-state index in [0.717, 1.165) is 19.3 Å². The van der Waals surface area contributed by atoms with E-state index < -0.39 is 0 Å². The summed E-state index contributed by atoms with van der Waals surface area (Å²) in [5, 5.41) is 0. The summed E-state index contributed by atoms with van der Waals surface area (Å²) < 4.78 is 0. The second-order valence-corrected chi connectivity index (χ2v) is 5.43. The molecule has 0 spiro atoms. The average molecular weight is 221 g/mol. The molecule has 93 valence electrons. The van der Waals surface area contributed by atoms with Crippen LogP contribution in [0.3, 0.4) is 0 Å². The Morgan fingerprint density at radius 2 is 1.62 bits per heavy atom. The van der Waals surface area contributed by atoms with Gasteiger partial charge in [0.05, 0.1) is 0 Å². The summed E-state index contributed by atoms with van der Waals surface area (Å²) in [5.74, 6) is 6.60. The molecule has 0 nitrogen and oxygen atoms in total. The van der Waals surface area contributed by atoms with Crippen LogP contribution in [0.4, 0.5) is 0 Å². The summed E-state index contributed by atoms with van der Waals surface area (Å²) in [4.78, 5) is 0. The van der Waals surface area contributed by atoms with Crippen LogP contribution in [-0.4, -0.2) is 0 Å². The zero-order valence-electron chi connectivity index (χ0n) is 11.6. The van der Waals surface area contributed by atoms with Gasteiger partial charge in [0, 0.05) is 12.8 Å². The van der Waals surface area contributed by atoms with Crippen LogP contribution >= 0.6 is 0 Å². The lowest BCUT2D eigenvalue weighted by Crippen LogP contribution is -2.09. The lowest BCUT2D eigenvalue weighted by molar-refractivity contribution is 0.309. The second-order valence-electron chi connectivity index (χ2n) is 5.43. The minimum Gasteiger partial charge on any atom is -0.103 e. The summed E-state index contributed by atoms with van der Waals surface area (Å²) >= 11 is 0. The molecule has 0 aliphatic heterocycles. The van der Waals surface area contributed by atoms with Crippen molar-refractivity contribution < 1.29 is 0 Å². The SMILES string of the molecule is [CH2]CCCCCC#CCCC(C)(C)CCC. The molecule has 0 amide bonds. The molecule has 0 heteroatoms. The maximum Gasteiger partial charge on any atom is 0.00937 e. The molecule has 0 unspecified atom stereocenters. The Labute approximate surface area is 103 Å². The van der Waals surface area contributed by atoms with E-state index in [9.17, 15) is 0 Å². The molecule has 0 aromatic rings. The molecule has 0 bridgehead atoms. The van der Waals surface area contributed by atoms with Crippen molar-refractivity contribution in [1.82, 2.24) is 0 Å². The molecule has 1 radical (unpaired) electrons. The molecule has 0 saturated heterocycles. The van der Waals surface area contributed by atoms with E-state index in [4.69, 9.17) is 0 Å². The average Bonchev–Trinajstić information content (AvgIpc) is 2.22. The van der Waals surface area contributed by atoms with Crippen LogP contribution in [0.15, 0.2) is 0 Å². The third-order valence-electron chi connectivity index (χ3n) is 3.03. The first-order valence-electron chi connectivity index (χ1n) is 6.87. The second kappa shape index (κ2) is 9.76. The fourth-order valence-electron chi connectivity index (χ4n) is 1.95. The van der Waals surface area contributed by atoms with Gasteiger partial charge in [-0.05, 0) is 24.7 Å². The van der Waals surface area contributed by atoms with E-state index >= 15 is 0 Å². The molecule has 0 N–H and O–H groups in total. The van der Waals surface area contributed by atoms with E-state index in [0.29, 0.717) is 5.41 Å². The quantitative estimate of drug-likeness (QED) is 0.381. The van der Waals surface area contributed by atoms with Crippen LogP contribution < -0.4 is 0 Å². The van der Waals surface area contributed by atoms with Crippen molar-refractivity contribution in [3.63, 3.8) is 0 Å². The van der Waals surface area contributed by atoms with Crippen molar-refractivity contribution in [2.75, 3.05) is 0 Å². The molecule has 0 atom stereocenters. The summed E-state index contributed by atoms with van der Waals surface area (Å²) in [7, 11) is 0. The molecule has 0 aromatic heterocycles. The van der Waals surface area contributed by atoms with Gasteiger partial charge in [0.15, 0.2) is 0 Å². The number of hydrogen-bond acceptors (Lipinski definition) is 0. The van der Waals surface area contributed by atoms with Crippen LogP contribution in [0.1, 0.15) is 78.6 Å². The van der Waals surface area contributed by atoms with Gasteiger partial charge in [0.25, 0.3) is 0 Å². The third-order valence-corrected chi connectivity index (χ3v) is 3.03. The minimum absolute atomic E-state index is 0.483. The molecule has 16 heavy (non-hydrogen) atoms. The molecular formula is C16H29. The zero-order valence-corrected chi connectivity index (χ0v) is 11.6. The van der Waals surface area contributed by atoms with Crippen LogP contribution in [0, 0.1) is 24.2 Å². The number of unbranched alkanes of at least 4 members (excludes halogenated alkanes) is 4. The standard InChI is InChI=1S/C16H29/c1-5-7-8-9-10-11-12-13-15-16(3,4)14-6-2/h1,5-10,13-15H2,2-4H3. The van der Waals surface area contributed by atoms with E-state index in [1.54, 1.807) is 0 Å². The zero-order chi connectivity index (χ0) is 12.3. The largest absolute Gasteiger partial charge is 0.103 e. The topological polar surface area (TPSA) is 0 Å². The summed E-state index contributed by atoms with van der Waals surface area (Å²) in [5.41, 5.74) is 0.483. The smallest absolute Gasteiger partial charge is 0.00937 e. The van der Waals surface area contributed by atoms with Gasteiger partial charge in [0.2, 0.25) is 0 Å². The van der Waals surface area contributed by atoms with E-state index in [-0.39, 0.29) is 0 Å². The maximum absolute atomic E-state index is 3.84. The normalized spacial score (nSPS) is 11.0. The van der Waals surface area contributed by atoms with Gasteiger partial charge >= 0.3 is 0 Å². The Hall–Kier alpha value is -0.440. The van der Waals surface area contributed by atoms with Crippen molar-refractivity contribution in [3.8, 4) is 11.8 Å². The van der Waals surface area contributed by atoms with Gasteiger partial charge in [-0.2, -0.15) is 0 Å². The highest BCUT2D eigenvalue weighted by Gasteiger charge is 2.14. The maximum atomic E-state index is 3.84. The van der Waals surface area contributed by atoms with Crippen molar-refractivity contribution in [2.45, 2.75) is 78.6 Å². The summed E-state index contributed by atoms with van der Waals surface area (Å²) in [6.45, 7) is 10.8. The molecule has 0 fully saturated rings. The molecule has 0 rings (SSSR count). The number of hydrogen-bond donors (Lipinski definition) is 0. The predicted molar refractivity (Wildman–Crippen MR) is 74.1 cm³/mol. The summed E-state index contributed by atoms with van der Waals surface area (Å²) in [6.07, 6.45) is 10.9. The van der Waals surface area contributed by atoms with Crippen molar-refractivity contribution in [1.29, 1.82) is 0 Å². The highest BCUT2D eigenvalue weighted by molar-refractivity contribution is 4.99. The first kappa shape index (κ1) is 15.6. The van der Waals surface area contributed by atoms with E-state index in [2.05, 4.69) is 39.5 Å². The lowest BCUT2D eigenvalue weighted by Gasteiger charge is -2.22. The Morgan fingerprint density at radius 1 is 0.938 bits per heavy atom. The van der Waals surface area contributed by atoms with Gasteiger partial charge in [-0.3, -0.25) is 0 Å². The first-order chi connectivity index (χ1) is 7.62. The van der Waals surface area contributed by atoms with Gasteiger partial charge in [0.1, 0.15) is 0 Å². The predicted octanol–water partition coefficient (Wildman–Crippen LogP) is 5.38. The molecule has 0 saturated carbocycles. The van der Waals surface area contributed by atoms with Crippen LogP contribution in [0.5, 0.6) is 0 Å². The van der Waals surface area contributed by atoms with Gasteiger partial charge in [-0.25, -0.2) is 0 Å². The molecule has 0 aliphatic carbocycles. The molecule has 0 aromatic carbocycles. The highest BCUT2D eigenvalue weighted by Crippen LogP contribution is 2.27. The lowest BCUT2D eigenvalue weighted by atomic mass is 9.83. The fourth-order valence-corrected chi connectivity index (χ4v) is 1.95. The Balaban J connectivity index is 3.46. The molecular weight excluding hydrogens is 192 g/mol. The Morgan fingerprint density at radius 3 is 2.25 bits per heavy atom. The van der Waals surface area contributed by atoms with Gasteiger partial charge in [-0.1, -0.05) is 53.4 Å². The van der Waals surface area contributed by atoms with Crippen molar-refractivity contribution >= 4 is 0 Å². The van der Waals surface area contributed by atoms with Crippen molar-refractivity contribution in [3.05, 3.63) is 6.92 Å². The number of rotatable bonds is 8. The molecule has 0 aliphatic rings. The summed E-state index contributed by atoms with van der Waals surface area (Å²) in [6, 6.07) is 0. The van der Waals surface area contributed by atoms with Gasteiger partial charge in [-0.15, -0.1) is 11.8 Å². The van der Waals surface area contributed by atoms with E-state index in [1.807, 2.05) is 0 Å². The van der Waals surface area contributed by atoms with Crippen LogP contribution in [-0.2, 0) is 0 Å². The third kappa shape index (κ3) is 10.1. The first-order valence-corrected chi connectivity index (χ1v) is 6.87. The van der Waals surface area contributed by atoms with E-state index in [1.165, 1.54) is 38.5 Å². The Bertz CT molecular complexity index is 202. The fraction of sp³-hybridized carbons (Fsp3) is 0.812. The van der Waals surface area contributed by atoms with Crippen LogP contribution in [0.2, 0.25) is 0 Å².